The molecular weight excluding hydrogens is 478 g/mol. The van der Waals surface area contributed by atoms with Gasteiger partial charge in [-0.15, -0.1) is 11.3 Å². The van der Waals surface area contributed by atoms with Gasteiger partial charge in [0.15, 0.2) is 5.78 Å². The second-order valence-electron chi connectivity index (χ2n) is 9.53. The molecule has 3 rings (SSSR count). The van der Waals surface area contributed by atoms with E-state index in [2.05, 4.69) is 11.4 Å². The summed E-state index contributed by atoms with van der Waals surface area (Å²) in [5.74, 6) is -0.0665. The number of aromatic hydroxyl groups is 1. The zero-order chi connectivity index (χ0) is 26.1. The molecule has 1 atom stereocenters. The maximum absolute atomic E-state index is 13.0. The topological polar surface area (TPSA) is 117 Å². The summed E-state index contributed by atoms with van der Waals surface area (Å²) in [6.45, 7) is 3.46. The van der Waals surface area contributed by atoms with Crippen LogP contribution in [-0.2, 0) is 6.42 Å². The predicted molar refractivity (Wildman–Crippen MR) is 142 cm³/mol. The fourth-order valence-electron chi connectivity index (χ4n) is 4.56. The number of nitrogens with one attached hydrogen (secondary N) is 1. The SMILES string of the molecule is C/C(=C\c1ccc(CCC2CCCCC2)s1)C(=O)c1c(O)cc(C(C)CCC=CNC(=O)O)oc1=O. The highest BCUT2D eigenvalue weighted by atomic mass is 32.1. The molecule has 7 nitrogen and oxygen atoms in total. The molecule has 3 N–H and O–H groups in total. The largest absolute Gasteiger partial charge is 0.507 e. The first-order valence-electron chi connectivity index (χ1n) is 12.6. The van der Waals surface area contributed by atoms with Crippen molar-refractivity contribution in [2.24, 2.45) is 5.92 Å². The number of ketones is 1. The quantitative estimate of drug-likeness (QED) is 0.223. The molecule has 0 bridgehead atoms. The van der Waals surface area contributed by atoms with Crippen LogP contribution in [0.4, 0.5) is 4.79 Å². The number of rotatable bonds is 11. The van der Waals surface area contributed by atoms with Crippen LogP contribution in [0.3, 0.4) is 0 Å². The number of thiophene rings is 1. The summed E-state index contributed by atoms with van der Waals surface area (Å²) in [6.07, 6.45) is 13.6. The molecule has 0 saturated heterocycles. The van der Waals surface area contributed by atoms with Crippen molar-refractivity contribution in [3.63, 3.8) is 0 Å². The zero-order valence-electron chi connectivity index (χ0n) is 20.9. The molecule has 0 aliphatic heterocycles. The standard InChI is InChI=1S/C28H35NO6S/c1-18(8-6-7-15-29-28(33)34)24-17-23(30)25(27(32)35-24)26(31)19(2)16-22-14-13-21(36-22)12-11-20-9-4-3-5-10-20/h7,13-18,20,29-30H,3-6,8-12H2,1-2H3,(H,33,34)/b15-7?,19-16+. The van der Waals surface area contributed by atoms with Crippen LogP contribution in [0.15, 0.2) is 45.3 Å². The molecule has 1 fully saturated rings. The van der Waals surface area contributed by atoms with E-state index in [9.17, 15) is 19.5 Å². The first-order chi connectivity index (χ1) is 17.2. The lowest BCUT2D eigenvalue weighted by atomic mass is 9.86. The zero-order valence-corrected chi connectivity index (χ0v) is 21.7. The van der Waals surface area contributed by atoms with E-state index >= 15 is 0 Å². The molecule has 1 saturated carbocycles. The van der Waals surface area contributed by atoms with Gasteiger partial charge in [-0.3, -0.25) is 10.1 Å². The lowest BCUT2D eigenvalue weighted by Crippen LogP contribution is -2.16. The van der Waals surface area contributed by atoms with E-state index in [-0.39, 0.29) is 17.2 Å². The molecule has 1 amide bonds. The van der Waals surface area contributed by atoms with Crippen LogP contribution in [0, 0.1) is 5.92 Å². The Morgan fingerprint density at radius 3 is 2.69 bits per heavy atom. The van der Waals surface area contributed by atoms with Gasteiger partial charge in [-0.2, -0.15) is 0 Å². The van der Waals surface area contributed by atoms with Crippen LogP contribution in [0.5, 0.6) is 5.75 Å². The van der Waals surface area contributed by atoms with Gasteiger partial charge in [0.1, 0.15) is 17.1 Å². The first kappa shape index (κ1) is 27.5. The molecule has 0 radical (unpaired) electrons. The van der Waals surface area contributed by atoms with E-state index in [1.54, 1.807) is 30.4 Å². The summed E-state index contributed by atoms with van der Waals surface area (Å²) in [5.41, 5.74) is -0.869. The number of Topliss-reactive ketones (excluding diaryl/α,β-unsaturated/α-hetero) is 1. The number of carboxylic acid groups (broad SMARTS) is 1. The van der Waals surface area contributed by atoms with Crippen molar-refractivity contribution in [1.82, 2.24) is 5.32 Å². The maximum atomic E-state index is 13.0. The van der Waals surface area contributed by atoms with E-state index < -0.39 is 23.3 Å². The third-order valence-electron chi connectivity index (χ3n) is 6.68. The van der Waals surface area contributed by atoms with E-state index in [0.717, 1.165) is 17.2 Å². The van der Waals surface area contributed by atoms with Crippen LogP contribution in [-0.4, -0.2) is 22.1 Å². The number of carbonyl (C=O) groups excluding carboxylic acids is 1. The molecule has 2 aromatic rings. The third kappa shape index (κ3) is 7.95. The minimum atomic E-state index is -1.14. The number of aryl methyl sites for hydroxylation is 1. The smallest absolute Gasteiger partial charge is 0.408 e. The van der Waals surface area contributed by atoms with Gasteiger partial charge in [-0.05, 0) is 62.3 Å². The summed E-state index contributed by atoms with van der Waals surface area (Å²) in [6, 6.07) is 5.41. The average Bonchev–Trinajstić information content (AvgIpc) is 3.29. The number of allylic oxidation sites excluding steroid dienone is 2. The highest BCUT2D eigenvalue weighted by Crippen LogP contribution is 2.30. The number of amides is 1. The summed E-state index contributed by atoms with van der Waals surface area (Å²) in [5, 5.41) is 21.2. The van der Waals surface area contributed by atoms with E-state index in [4.69, 9.17) is 9.52 Å². The average molecular weight is 514 g/mol. The third-order valence-corrected chi connectivity index (χ3v) is 7.77. The molecule has 2 aromatic heterocycles. The molecule has 36 heavy (non-hydrogen) atoms. The van der Waals surface area contributed by atoms with Crippen LogP contribution in [0.1, 0.15) is 97.0 Å². The Morgan fingerprint density at radius 2 is 2.00 bits per heavy atom. The van der Waals surface area contributed by atoms with Crippen molar-refractivity contribution in [2.75, 3.05) is 0 Å². The maximum Gasteiger partial charge on any atom is 0.408 e. The second-order valence-corrected chi connectivity index (χ2v) is 10.7. The summed E-state index contributed by atoms with van der Waals surface area (Å²) in [7, 11) is 0. The van der Waals surface area contributed by atoms with Gasteiger partial charge in [-0.25, -0.2) is 9.59 Å². The minimum absolute atomic E-state index is 0.211. The van der Waals surface area contributed by atoms with E-state index in [1.807, 2.05) is 13.0 Å². The first-order valence-corrected chi connectivity index (χ1v) is 13.4. The van der Waals surface area contributed by atoms with Gasteiger partial charge in [0.25, 0.3) is 0 Å². The number of hydrogen-bond acceptors (Lipinski definition) is 6. The molecule has 0 aromatic carbocycles. The fourth-order valence-corrected chi connectivity index (χ4v) is 5.59. The highest BCUT2D eigenvalue weighted by molar-refractivity contribution is 7.12. The Balaban J connectivity index is 1.62. The summed E-state index contributed by atoms with van der Waals surface area (Å²) < 4.78 is 5.37. The minimum Gasteiger partial charge on any atom is -0.507 e. The second kappa shape index (κ2) is 13.3. The van der Waals surface area contributed by atoms with Gasteiger partial charge < -0.3 is 14.6 Å². The number of carbonyl (C=O) groups is 2. The van der Waals surface area contributed by atoms with Crippen molar-refractivity contribution in [1.29, 1.82) is 0 Å². The van der Waals surface area contributed by atoms with Crippen molar-refractivity contribution < 1.29 is 24.2 Å². The van der Waals surface area contributed by atoms with Crippen molar-refractivity contribution >= 4 is 29.3 Å². The lowest BCUT2D eigenvalue weighted by molar-refractivity contribution is 0.102. The Kier molecular flexibility index (Phi) is 10.1. The molecule has 0 spiro atoms. The predicted octanol–water partition coefficient (Wildman–Crippen LogP) is 6.87. The normalized spacial score (nSPS) is 15.8. The molecule has 1 aliphatic carbocycles. The number of hydrogen-bond donors (Lipinski definition) is 3. The van der Waals surface area contributed by atoms with Crippen molar-refractivity contribution in [3.8, 4) is 5.75 Å². The van der Waals surface area contributed by atoms with E-state index in [0.29, 0.717) is 18.4 Å². The van der Waals surface area contributed by atoms with E-state index in [1.165, 1.54) is 55.7 Å². The molecule has 1 unspecified atom stereocenters. The van der Waals surface area contributed by atoms with Gasteiger partial charge in [0.2, 0.25) is 0 Å². The van der Waals surface area contributed by atoms with Crippen molar-refractivity contribution in [2.45, 2.75) is 77.6 Å². The van der Waals surface area contributed by atoms with Gasteiger partial charge >= 0.3 is 11.7 Å². The monoisotopic (exact) mass is 513 g/mol. The highest BCUT2D eigenvalue weighted by Gasteiger charge is 2.22. The van der Waals surface area contributed by atoms with Crippen LogP contribution >= 0.6 is 11.3 Å². The molecule has 194 valence electrons. The van der Waals surface area contributed by atoms with Crippen LogP contribution in [0.25, 0.3) is 6.08 Å². The fraction of sp³-hybridized carbons (Fsp3) is 0.464. The van der Waals surface area contributed by atoms with Crippen molar-refractivity contribution in [3.05, 3.63) is 67.5 Å². The molecule has 8 heteroatoms. The Hall–Kier alpha value is -3.13. The Labute approximate surface area is 215 Å². The summed E-state index contributed by atoms with van der Waals surface area (Å²) in [4.78, 5) is 38.2. The Morgan fingerprint density at radius 1 is 1.25 bits per heavy atom. The molecule has 1 aliphatic rings. The Bertz CT molecular complexity index is 1170. The van der Waals surface area contributed by atoms with Gasteiger partial charge in [0.05, 0.1) is 0 Å². The summed E-state index contributed by atoms with van der Waals surface area (Å²) >= 11 is 1.65. The molecular formula is C28H35NO6S. The van der Waals surface area contributed by atoms with Crippen LogP contribution in [0.2, 0.25) is 0 Å². The lowest BCUT2D eigenvalue weighted by Gasteiger charge is -2.20. The molecule has 2 heterocycles. The van der Waals surface area contributed by atoms with Gasteiger partial charge in [0, 0.05) is 27.9 Å². The van der Waals surface area contributed by atoms with Crippen LogP contribution < -0.4 is 10.9 Å². The van der Waals surface area contributed by atoms with Gasteiger partial charge in [-0.1, -0.05) is 45.1 Å².